The van der Waals surface area contributed by atoms with Crippen LogP contribution in [-0.2, 0) is 4.79 Å². The summed E-state index contributed by atoms with van der Waals surface area (Å²) >= 11 is 0. The van der Waals surface area contributed by atoms with Gasteiger partial charge in [-0.2, -0.15) is 0 Å². The van der Waals surface area contributed by atoms with Gasteiger partial charge >= 0.3 is 5.91 Å². The monoisotopic (exact) mass is 373 g/mol. The first-order chi connectivity index (χ1) is 12.9. The fraction of sp³-hybridized carbons (Fsp3) is 0.316. The Kier molecular flexibility index (Phi) is 6.99. The summed E-state index contributed by atoms with van der Waals surface area (Å²) in [4.78, 5) is 36.9. The predicted octanol–water partition coefficient (Wildman–Crippen LogP) is 1.89. The molecule has 1 heterocycles. The molecule has 1 unspecified atom stereocenters. The van der Waals surface area contributed by atoms with Gasteiger partial charge in [0.1, 0.15) is 11.8 Å². The van der Waals surface area contributed by atoms with E-state index >= 15 is 0 Å². The lowest BCUT2D eigenvalue weighted by Gasteiger charge is -2.22. The second-order valence-electron chi connectivity index (χ2n) is 6.04. The maximum atomic E-state index is 12.6. The van der Waals surface area contributed by atoms with E-state index in [0.29, 0.717) is 17.9 Å². The highest BCUT2D eigenvalue weighted by atomic mass is 16.5. The number of para-hydroxylation sites is 1. The number of nitrogens with one attached hydrogen (secondary N) is 3. The maximum Gasteiger partial charge on any atom is 0.305 e. The van der Waals surface area contributed by atoms with E-state index in [9.17, 15) is 14.4 Å². The molecule has 0 spiro atoms. The van der Waals surface area contributed by atoms with Gasteiger partial charge in [0.15, 0.2) is 5.76 Å². The van der Waals surface area contributed by atoms with Crippen LogP contribution in [0.4, 0.5) is 0 Å². The van der Waals surface area contributed by atoms with Crippen LogP contribution in [0.1, 0.15) is 41.7 Å². The molecule has 0 fully saturated rings. The largest absolute Gasteiger partial charge is 0.493 e. The third-order valence-electron chi connectivity index (χ3n) is 3.71. The van der Waals surface area contributed by atoms with Crippen molar-refractivity contribution >= 4 is 17.7 Å². The van der Waals surface area contributed by atoms with E-state index in [1.54, 1.807) is 44.2 Å². The zero-order valence-corrected chi connectivity index (χ0v) is 15.4. The first-order valence-corrected chi connectivity index (χ1v) is 8.60. The van der Waals surface area contributed by atoms with Crippen molar-refractivity contribution in [3.63, 3.8) is 0 Å². The first-order valence-electron chi connectivity index (χ1n) is 8.60. The Balaban J connectivity index is 2.03. The van der Waals surface area contributed by atoms with E-state index < -0.39 is 23.8 Å². The first kappa shape index (κ1) is 20.0. The molecule has 0 bridgehead atoms. The van der Waals surface area contributed by atoms with E-state index in [4.69, 9.17) is 9.15 Å². The number of rotatable bonds is 7. The Hall–Kier alpha value is -3.29. The van der Waals surface area contributed by atoms with Gasteiger partial charge in [0.25, 0.3) is 11.8 Å². The molecule has 0 saturated heterocycles. The predicted molar refractivity (Wildman–Crippen MR) is 98.0 cm³/mol. The molecule has 8 nitrogen and oxygen atoms in total. The van der Waals surface area contributed by atoms with Crippen LogP contribution in [0.25, 0.3) is 0 Å². The molecule has 144 valence electrons. The normalized spacial score (nSPS) is 11.6. The minimum Gasteiger partial charge on any atom is -0.493 e. The van der Waals surface area contributed by atoms with Gasteiger partial charge in [-0.15, -0.1) is 0 Å². The molecule has 3 N–H and O–H groups in total. The Morgan fingerprint density at radius 3 is 2.41 bits per heavy atom. The van der Waals surface area contributed by atoms with Crippen molar-refractivity contribution in [2.45, 2.75) is 26.8 Å². The van der Waals surface area contributed by atoms with E-state index in [0.717, 1.165) is 0 Å². The number of hydrazine groups is 1. The lowest BCUT2D eigenvalue weighted by atomic mass is 10.0. The van der Waals surface area contributed by atoms with E-state index in [2.05, 4.69) is 16.2 Å². The summed E-state index contributed by atoms with van der Waals surface area (Å²) in [6.07, 6.45) is 1.35. The minimum absolute atomic E-state index is 0.0612. The van der Waals surface area contributed by atoms with Crippen LogP contribution in [0, 0.1) is 5.92 Å². The molecule has 2 rings (SSSR count). The summed E-state index contributed by atoms with van der Waals surface area (Å²) in [7, 11) is 0. The fourth-order valence-corrected chi connectivity index (χ4v) is 2.36. The zero-order chi connectivity index (χ0) is 19.8. The molecule has 3 amide bonds. The number of hydrogen-bond acceptors (Lipinski definition) is 5. The SMILES string of the molecule is CCOc1ccccc1C(=O)NC(C(=O)NNC(=O)c1ccco1)C(C)C. The second-order valence-corrected chi connectivity index (χ2v) is 6.04. The van der Waals surface area contributed by atoms with Crippen molar-refractivity contribution in [3.05, 3.63) is 54.0 Å². The quantitative estimate of drug-likeness (QED) is 0.642. The van der Waals surface area contributed by atoms with Crippen molar-refractivity contribution in [1.82, 2.24) is 16.2 Å². The maximum absolute atomic E-state index is 12.6. The number of benzene rings is 1. The van der Waals surface area contributed by atoms with E-state index in [1.807, 2.05) is 6.92 Å². The molecular weight excluding hydrogens is 350 g/mol. The molecule has 0 aliphatic heterocycles. The standard InChI is InChI=1S/C19H23N3O5/c1-4-26-14-9-6-5-8-13(14)17(23)20-16(12(2)3)19(25)22-21-18(24)15-10-7-11-27-15/h5-12,16H,4H2,1-3H3,(H,20,23)(H,21,24)(H,22,25). The van der Waals surface area contributed by atoms with Crippen LogP contribution < -0.4 is 20.9 Å². The summed E-state index contributed by atoms with van der Waals surface area (Å²) < 4.78 is 10.4. The Bertz CT molecular complexity index is 786. The Labute approximate surface area is 157 Å². The van der Waals surface area contributed by atoms with E-state index in [-0.39, 0.29) is 11.7 Å². The molecule has 8 heteroatoms. The molecule has 0 aliphatic carbocycles. The van der Waals surface area contributed by atoms with Crippen LogP contribution in [0.3, 0.4) is 0 Å². The van der Waals surface area contributed by atoms with Gasteiger partial charge in [-0.05, 0) is 37.1 Å². The summed E-state index contributed by atoms with van der Waals surface area (Å²) in [5.74, 6) is -1.30. The van der Waals surface area contributed by atoms with Crippen molar-refractivity contribution in [3.8, 4) is 5.75 Å². The molecule has 0 aliphatic rings. The van der Waals surface area contributed by atoms with Gasteiger partial charge in [-0.3, -0.25) is 25.2 Å². The minimum atomic E-state index is -0.857. The van der Waals surface area contributed by atoms with Crippen molar-refractivity contribution in [2.75, 3.05) is 6.61 Å². The summed E-state index contributed by atoms with van der Waals surface area (Å²) in [5, 5.41) is 2.68. The molecular formula is C19H23N3O5. The lowest BCUT2D eigenvalue weighted by molar-refractivity contribution is -0.124. The molecule has 0 radical (unpaired) electrons. The Morgan fingerprint density at radius 1 is 1.04 bits per heavy atom. The Morgan fingerprint density at radius 2 is 1.78 bits per heavy atom. The number of ether oxygens (including phenoxy) is 1. The molecule has 27 heavy (non-hydrogen) atoms. The van der Waals surface area contributed by atoms with Crippen LogP contribution in [-0.4, -0.2) is 30.4 Å². The van der Waals surface area contributed by atoms with Crippen molar-refractivity contribution in [1.29, 1.82) is 0 Å². The topological polar surface area (TPSA) is 110 Å². The summed E-state index contributed by atoms with van der Waals surface area (Å²) in [6.45, 7) is 5.80. The third-order valence-corrected chi connectivity index (χ3v) is 3.71. The molecule has 0 saturated carbocycles. The number of carbonyl (C=O) groups is 3. The lowest BCUT2D eigenvalue weighted by Crippen LogP contribution is -2.54. The molecule has 2 aromatic rings. The van der Waals surface area contributed by atoms with Crippen molar-refractivity contribution < 1.29 is 23.5 Å². The van der Waals surface area contributed by atoms with Gasteiger partial charge in [0, 0.05) is 0 Å². The average Bonchev–Trinajstić information content (AvgIpc) is 3.19. The highest BCUT2D eigenvalue weighted by Gasteiger charge is 2.26. The molecule has 1 aromatic carbocycles. The fourth-order valence-electron chi connectivity index (χ4n) is 2.36. The smallest absolute Gasteiger partial charge is 0.305 e. The highest BCUT2D eigenvalue weighted by molar-refractivity contribution is 6.00. The zero-order valence-electron chi connectivity index (χ0n) is 15.4. The average molecular weight is 373 g/mol. The number of hydrogen-bond donors (Lipinski definition) is 3. The van der Waals surface area contributed by atoms with Gasteiger partial charge in [-0.25, -0.2) is 0 Å². The number of carbonyl (C=O) groups excluding carboxylic acids is 3. The second kappa shape index (κ2) is 9.42. The van der Waals surface area contributed by atoms with Crippen LogP contribution in [0.5, 0.6) is 5.75 Å². The summed E-state index contributed by atoms with van der Waals surface area (Å²) in [5.41, 5.74) is 4.89. The van der Waals surface area contributed by atoms with Gasteiger partial charge < -0.3 is 14.5 Å². The van der Waals surface area contributed by atoms with Crippen LogP contribution >= 0.6 is 0 Å². The van der Waals surface area contributed by atoms with Crippen LogP contribution in [0.15, 0.2) is 47.1 Å². The number of amides is 3. The highest BCUT2D eigenvalue weighted by Crippen LogP contribution is 2.18. The van der Waals surface area contributed by atoms with Gasteiger partial charge in [0.2, 0.25) is 0 Å². The van der Waals surface area contributed by atoms with Gasteiger partial charge in [-0.1, -0.05) is 26.0 Å². The number of furan rings is 1. The van der Waals surface area contributed by atoms with E-state index in [1.165, 1.54) is 12.3 Å². The van der Waals surface area contributed by atoms with Crippen molar-refractivity contribution in [2.24, 2.45) is 5.92 Å². The molecule has 1 aromatic heterocycles. The third kappa shape index (κ3) is 5.34. The van der Waals surface area contributed by atoms with Gasteiger partial charge in [0.05, 0.1) is 18.4 Å². The molecule has 1 atom stereocenters. The summed E-state index contributed by atoms with van der Waals surface area (Å²) in [6, 6.07) is 8.95. The van der Waals surface area contributed by atoms with Crippen LogP contribution in [0.2, 0.25) is 0 Å².